The standard InChI is InChI=1S/C54H48N4O8/c1-63-42-24-17-35(18-25-42)15-16-36-19-26-45-44(33-36)54(53(62)56-45)46(51(60)55-40-20-22-41(23-21-40)57-27-30-64-31-28-57)48-52(61)66-49(38-11-6-3-7-12-38)47(37-9-4-2-5-10-37)58(48)50(54)39-13-8-14-43(34-39)65-32-29-59/h2-14,17-26,33-34,46-50,59H,27-32H2,1H3,(H,55,60)(H,56,62)/t46-,47-,48?,49+,50+,54-/m1/s1. The van der Waals surface area contributed by atoms with Gasteiger partial charge in [-0.05, 0) is 101 Å². The van der Waals surface area contributed by atoms with Crippen LogP contribution >= 0.6 is 0 Å². The Morgan fingerprint density at radius 2 is 1.45 bits per heavy atom. The van der Waals surface area contributed by atoms with Gasteiger partial charge in [-0.15, -0.1) is 0 Å². The zero-order chi connectivity index (χ0) is 45.2. The third-order valence-corrected chi connectivity index (χ3v) is 13.1. The average molecular weight is 881 g/mol. The highest BCUT2D eigenvalue weighted by atomic mass is 16.6. The highest BCUT2D eigenvalue weighted by Gasteiger charge is 2.74. The molecule has 3 N–H and O–H groups in total. The average Bonchev–Trinajstić information content (AvgIpc) is 3.85. The molecule has 3 fully saturated rings. The van der Waals surface area contributed by atoms with Gasteiger partial charge in [0, 0.05) is 41.3 Å². The van der Waals surface area contributed by atoms with Crippen LogP contribution in [0, 0.1) is 17.8 Å². The minimum absolute atomic E-state index is 0.0373. The first-order chi connectivity index (χ1) is 32.4. The first-order valence-corrected chi connectivity index (χ1v) is 22.1. The fourth-order valence-electron chi connectivity index (χ4n) is 10.2. The number of aliphatic hydroxyl groups is 1. The van der Waals surface area contributed by atoms with E-state index in [4.69, 9.17) is 18.9 Å². The SMILES string of the molecule is COc1ccc(C#Cc2ccc3c(c2)[C@]2(C(=O)N3)[C@H](c3cccc(OCCO)c3)N3C(C(=O)O[C@@H](c4ccccc4)[C@H]3c3ccccc3)[C@@H]2C(=O)Nc2ccc(N3CCOCC3)cc2)cc1. The lowest BCUT2D eigenvalue weighted by Crippen LogP contribution is -2.53. The van der Waals surface area contributed by atoms with Gasteiger partial charge in [0.25, 0.3) is 0 Å². The number of benzene rings is 6. The Bertz CT molecular complexity index is 2810. The summed E-state index contributed by atoms with van der Waals surface area (Å²) in [4.78, 5) is 50.9. The number of hydrogen-bond donors (Lipinski definition) is 3. The minimum Gasteiger partial charge on any atom is -0.497 e. The van der Waals surface area contributed by atoms with Gasteiger partial charge in [0.2, 0.25) is 11.8 Å². The molecule has 0 aromatic heterocycles. The number of rotatable bonds is 10. The van der Waals surface area contributed by atoms with Crippen LogP contribution in [-0.4, -0.2) is 80.5 Å². The Balaban J connectivity index is 1.19. The number of amides is 2. The molecular formula is C54H48N4O8. The second-order valence-electron chi connectivity index (χ2n) is 16.7. The van der Waals surface area contributed by atoms with E-state index in [0.29, 0.717) is 52.8 Å². The second kappa shape index (κ2) is 18.2. The normalized spacial score (nSPS) is 23.2. The summed E-state index contributed by atoms with van der Waals surface area (Å²) in [6.45, 7) is 2.57. The molecule has 4 heterocycles. The number of nitrogens with one attached hydrogen (secondary N) is 2. The predicted molar refractivity (Wildman–Crippen MR) is 249 cm³/mol. The van der Waals surface area contributed by atoms with Gasteiger partial charge < -0.3 is 39.6 Å². The summed E-state index contributed by atoms with van der Waals surface area (Å²) in [6, 6.07) is 44.3. The number of anilines is 3. The van der Waals surface area contributed by atoms with Gasteiger partial charge in [-0.3, -0.25) is 19.3 Å². The molecular weight excluding hydrogens is 833 g/mol. The molecule has 12 nitrogen and oxygen atoms in total. The van der Waals surface area contributed by atoms with Crippen LogP contribution in [0.3, 0.4) is 0 Å². The number of carbonyl (C=O) groups excluding carboxylic acids is 3. The summed E-state index contributed by atoms with van der Waals surface area (Å²) >= 11 is 0. The van der Waals surface area contributed by atoms with Crippen molar-refractivity contribution in [2.24, 2.45) is 5.92 Å². The first-order valence-electron chi connectivity index (χ1n) is 22.1. The van der Waals surface area contributed by atoms with Gasteiger partial charge in [-0.25, -0.2) is 0 Å². The van der Waals surface area contributed by atoms with Crippen LogP contribution in [0.15, 0.2) is 152 Å². The molecule has 3 saturated heterocycles. The zero-order valence-electron chi connectivity index (χ0n) is 36.3. The van der Waals surface area contributed by atoms with Gasteiger partial charge in [-0.1, -0.05) is 84.6 Å². The molecule has 66 heavy (non-hydrogen) atoms. The molecule has 1 spiro atoms. The smallest absolute Gasteiger partial charge is 0.324 e. The number of hydrogen-bond acceptors (Lipinski definition) is 10. The lowest BCUT2D eigenvalue weighted by atomic mass is 9.65. The van der Waals surface area contributed by atoms with Gasteiger partial charge in [0.15, 0.2) is 0 Å². The number of methoxy groups -OCH3 is 1. The molecule has 6 aromatic carbocycles. The summed E-state index contributed by atoms with van der Waals surface area (Å²) in [6.07, 6.45) is -0.828. The molecule has 0 bridgehead atoms. The summed E-state index contributed by atoms with van der Waals surface area (Å²) in [5.41, 5.74) is 4.34. The summed E-state index contributed by atoms with van der Waals surface area (Å²) in [7, 11) is 1.61. The minimum atomic E-state index is -1.75. The number of carbonyl (C=O) groups is 3. The van der Waals surface area contributed by atoms with Crippen molar-refractivity contribution in [3.05, 3.63) is 185 Å². The molecule has 1 unspecified atom stereocenters. The van der Waals surface area contributed by atoms with E-state index in [1.165, 1.54) is 0 Å². The fraction of sp³-hybridized carbons (Fsp3) is 0.241. The van der Waals surface area contributed by atoms with E-state index in [-0.39, 0.29) is 13.2 Å². The van der Waals surface area contributed by atoms with E-state index in [9.17, 15) is 5.11 Å². The first kappa shape index (κ1) is 42.5. The van der Waals surface area contributed by atoms with Crippen molar-refractivity contribution in [3.8, 4) is 23.3 Å². The molecule has 2 amide bonds. The van der Waals surface area contributed by atoms with Gasteiger partial charge in [-0.2, -0.15) is 0 Å². The van der Waals surface area contributed by atoms with E-state index in [0.717, 1.165) is 35.5 Å². The zero-order valence-corrected chi connectivity index (χ0v) is 36.3. The van der Waals surface area contributed by atoms with Crippen LogP contribution in [0.25, 0.3) is 0 Å². The largest absolute Gasteiger partial charge is 0.497 e. The van der Waals surface area contributed by atoms with Crippen molar-refractivity contribution in [2.75, 3.05) is 62.2 Å². The van der Waals surface area contributed by atoms with Crippen molar-refractivity contribution in [3.63, 3.8) is 0 Å². The van der Waals surface area contributed by atoms with Gasteiger partial charge in [0.05, 0.1) is 44.9 Å². The van der Waals surface area contributed by atoms with Gasteiger partial charge in [0.1, 0.15) is 35.7 Å². The van der Waals surface area contributed by atoms with E-state index < -0.39 is 53.3 Å². The number of ether oxygens (including phenoxy) is 4. The molecule has 0 aliphatic carbocycles. The molecule has 6 aromatic rings. The van der Waals surface area contributed by atoms with E-state index in [1.807, 2.05) is 150 Å². The van der Waals surface area contributed by atoms with Crippen LogP contribution in [0.5, 0.6) is 11.5 Å². The Morgan fingerprint density at radius 1 is 0.773 bits per heavy atom. The maximum Gasteiger partial charge on any atom is 0.324 e. The number of fused-ring (bicyclic) bond motifs is 3. The Labute approximate surface area is 383 Å². The molecule has 332 valence electrons. The topological polar surface area (TPSA) is 139 Å². The molecule has 4 aliphatic rings. The van der Waals surface area contributed by atoms with Crippen LogP contribution < -0.4 is 25.0 Å². The van der Waals surface area contributed by atoms with Crippen molar-refractivity contribution >= 4 is 34.8 Å². The van der Waals surface area contributed by atoms with Crippen molar-refractivity contribution in [2.45, 2.75) is 29.6 Å². The maximum absolute atomic E-state index is 15.7. The van der Waals surface area contributed by atoms with E-state index in [1.54, 1.807) is 13.2 Å². The number of morpholine rings is 2. The van der Waals surface area contributed by atoms with Gasteiger partial charge >= 0.3 is 5.97 Å². The van der Waals surface area contributed by atoms with E-state index >= 15 is 14.4 Å². The predicted octanol–water partition coefficient (Wildman–Crippen LogP) is 7.21. The van der Waals surface area contributed by atoms with Crippen LogP contribution in [0.1, 0.15) is 51.6 Å². The Hall–Kier alpha value is -7.43. The molecule has 10 rings (SSSR count). The quantitative estimate of drug-likeness (QED) is 0.0956. The van der Waals surface area contributed by atoms with Crippen molar-refractivity contribution in [1.29, 1.82) is 0 Å². The lowest BCUT2D eigenvalue weighted by molar-refractivity contribution is -0.177. The Morgan fingerprint density at radius 3 is 2.17 bits per heavy atom. The molecule has 0 radical (unpaired) electrons. The fourth-order valence-corrected chi connectivity index (χ4v) is 10.2. The number of esters is 1. The third kappa shape index (κ3) is 7.71. The monoisotopic (exact) mass is 880 g/mol. The highest BCUT2D eigenvalue weighted by Crippen LogP contribution is 2.65. The number of nitrogens with zero attached hydrogens (tertiary/aromatic N) is 2. The molecule has 12 heteroatoms. The molecule has 6 atom stereocenters. The maximum atomic E-state index is 15.7. The Kier molecular flexibility index (Phi) is 11.7. The van der Waals surface area contributed by atoms with Crippen LogP contribution in [0.4, 0.5) is 17.1 Å². The number of aliphatic hydroxyl groups excluding tert-OH is 1. The lowest BCUT2D eigenvalue weighted by Gasteiger charge is -2.46. The molecule has 0 saturated carbocycles. The number of cyclic esters (lactones) is 1. The van der Waals surface area contributed by atoms with Crippen LogP contribution in [0.2, 0.25) is 0 Å². The van der Waals surface area contributed by atoms with Crippen molar-refractivity contribution in [1.82, 2.24) is 4.90 Å². The molecule has 4 aliphatic heterocycles. The third-order valence-electron chi connectivity index (χ3n) is 13.1. The summed E-state index contributed by atoms with van der Waals surface area (Å²) in [5, 5.41) is 16.1. The second-order valence-corrected chi connectivity index (χ2v) is 16.7. The van der Waals surface area contributed by atoms with Crippen molar-refractivity contribution < 1.29 is 38.4 Å². The summed E-state index contributed by atoms with van der Waals surface area (Å²) < 4.78 is 23.5. The summed E-state index contributed by atoms with van der Waals surface area (Å²) in [5.74, 6) is 4.75. The highest BCUT2D eigenvalue weighted by molar-refractivity contribution is 6.13. The van der Waals surface area contributed by atoms with E-state index in [2.05, 4.69) is 27.4 Å². The van der Waals surface area contributed by atoms with Crippen LogP contribution in [-0.2, 0) is 29.3 Å².